The van der Waals surface area contributed by atoms with Gasteiger partial charge in [-0.1, -0.05) is 0 Å². The first kappa shape index (κ1) is 17.9. The average Bonchev–Trinajstić information content (AvgIpc) is 3.08. The predicted octanol–water partition coefficient (Wildman–Crippen LogP) is 3.23. The molecular formula is C21H19F2N5O. The molecule has 29 heavy (non-hydrogen) atoms. The molecule has 0 spiro atoms. The third-order valence-corrected chi connectivity index (χ3v) is 5.49. The minimum Gasteiger partial charge on any atom is -0.316 e. The summed E-state index contributed by atoms with van der Waals surface area (Å²) in [4.78, 5) is 23.8. The molecule has 6 nitrogen and oxygen atoms in total. The topological polar surface area (TPSA) is 75.1 Å². The second kappa shape index (κ2) is 6.45. The molecule has 4 heterocycles. The number of aryl methyl sites for hydroxylation is 1. The van der Waals surface area contributed by atoms with E-state index < -0.39 is 17.0 Å². The molecular weight excluding hydrogens is 376 g/mol. The molecule has 1 aliphatic rings. The number of halogens is 2. The van der Waals surface area contributed by atoms with Gasteiger partial charge in [-0.05, 0) is 55.4 Å². The first-order valence-corrected chi connectivity index (χ1v) is 9.52. The Labute approximate surface area is 164 Å². The highest BCUT2D eigenvalue weighted by molar-refractivity contribution is 5.84. The molecule has 5 rings (SSSR count). The maximum absolute atomic E-state index is 15.2. The van der Waals surface area contributed by atoms with Crippen molar-refractivity contribution in [1.82, 2.24) is 24.7 Å². The number of hydrogen-bond donors (Lipinski definition) is 2. The highest BCUT2D eigenvalue weighted by atomic mass is 19.1. The van der Waals surface area contributed by atoms with Crippen LogP contribution < -0.4 is 10.9 Å². The summed E-state index contributed by atoms with van der Waals surface area (Å²) in [6, 6.07) is 6.58. The molecule has 8 heteroatoms. The molecule has 0 amide bonds. The highest BCUT2D eigenvalue weighted by Gasteiger charge is 2.36. The van der Waals surface area contributed by atoms with Crippen LogP contribution in [0.2, 0.25) is 0 Å². The molecule has 0 unspecified atom stereocenters. The maximum atomic E-state index is 15.2. The summed E-state index contributed by atoms with van der Waals surface area (Å²) in [5.41, 5.74) is 0.529. The summed E-state index contributed by atoms with van der Waals surface area (Å²) in [6.45, 7) is 2.86. The van der Waals surface area contributed by atoms with Crippen LogP contribution in [-0.2, 0) is 5.67 Å². The Morgan fingerprint density at radius 1 is 1.10 bits per heavy atom. The molecule has 0 aliphatic carbocycles. The van der Waals surface area contributed by atoms with Gasteiger partial charge in [0.15, 0.2) is 5.67 Å². The molecule has 148 valence electrons. The minimum atomic E-state index is -1.76. The van der Waals surface area contributed by atoms with Crippen LogP contribution in [0, 0.1) is 12.7 Å². The summed E-state index contributed by atoms with van der Waals surface area (Å²) in [5.74, 6) is -0.747. The SMILES string of the molecule is Cc1cn2cc(-c3cc(F)c4nc(C5(F)CCNCC5)[nH]c(=O)c4c3)ccc2n1. The van der Waals surface area contributed by atoms with Crippen molar-refractivity contribution in [2.75, 3.05) is 13.1 Å². The molecule has 0 saturated carbocycles. The summed E-state index contributed by atoms with van der Waals surface area (Å²) in [5, 5.41) is 3.17. The number of piperidine rings is 1. The molecule has 0 radical (unpaired) electrons. The molecule has 1 aliphatic heterocycles. The van der Waals surface area contributed by atoms with Crippen LogP contribution in [0.25, 0.3) is 27.7 Å². The van der Waals surface area contributed by atoms with Gasteiger partial charge in [-0.25, -0.2) is 18.7 Å². The normalized spacial score (nSPS) is 16.5. The van der Waals surface area contributed by atoms with Gasteiger partial charge in [0.05, 0.1) is 11.1 Å². The van der Waals surface area contributed by atoms with Gasteiger partial charge in [0, 0.05) is 25.2 Å². The smallest absolute Gasteiger partial charge is 0.258 e. The van der Waals surface area contributed by atoms with Crippen LogP contribution >= 0.6 is 0 Å². The number of nitrogens with zero attached hydrogens (tertiary/aromatic N) is 3. The van der Waals surface area contributed by atoms with Gasteiger partial charge in [0.25, 0.3) is 5.56 Å². The van der Waals surface area contributed by atoms with Gasteiger partial charge in [-0.3, -0.25) is 4.79 Å². The highest BCUT2D eigenvalue weighted by Crippen LogP contribution is 2.33. The van der Waals surface area contributed by atoms with Crippen molar-refractivity contribution in [2.24, 2.45) is 0 Å². The van der Waals surface area contributed by atoms with Crippen molar-refractivity contribution in [3.05, 3.63) is 64.3 Å². The minimum absolute atomic E-state index is 0.0986. The summed E-state index contributed by atoms with van der Waals surface area (Å²) >= 11 is 0. The Bertz CT molecular complexity index is 1300. The molecule has 1 saturated heterocycles. The molecule has 0 bridgehead atoms. The molecule has 1 aromatic carbocycles. The average molecular weight is 395 g/mol. The Hall–Kier alpha value is -3.13. The van der Waals surface area contributed by atoms with Gasteiger partial charge < -0.3 is 14.7 Å². The van der Waals surface area contributed by atoms with Crippen molar-refractivity contribution < 1.29 is 8.78 Å². The number of aromatic amines is 1. The molecule has 3 aromatic heterocycles. The third kappa shape index (κ3) is 3.00. The summed E-state index contributed by atoms with van der Waals surface area (Å²) < 4.78 is 32.0. The zero-order valence-corrected chi connectivity index (χ0v) is 15.8. The maximum Gasteiger partial charge on any atom is 0.258 e. The number of rotatable bonds is 2. The third-order valence-electron chi connectivity index (χ3n) is 5.49. The zero-order chi connectivity index (χ0) is 20.2. The van der Waals surface area contributed by atoms with E-state index >= 15 is 4.39 Å². The second-order valence-electron chi connectivity index (χ2n) is 7.55. The monoisotopic (exact) mass is 395 g/mol. The zero-order valence-electron chi connectivity index (χ0n) is 15.8. The van der Waals surface area contributed by atoms with E-state index in [-0.39, 0.29) is 29.6 Å². The number of benzene rings is 1. The number of alkyl halides is 1. The number of pyridine rings is 1. The molecule has 1 fully saturated rings. The number of H-pyrrole nitrogens is 1. The Balaban J connectivity index is 1.65. The quantitative estimate of drug-likeness (QED) is 0.547. The lowest BCUT2D eigenvalue weighted by Gasteiger charge is -2.29. The van der Waals surface area contributed by atoms with Crippen molar-refractivity contribution in [3.63, 3.8) is 0 Å². The lowest BCUT2D eigenvalue weighted by atomic mass is 9.93. The number of imidazole rings is 1. The van der Waals surface area contributed by atoms with E-state index in [9.17, 15) is 9.18 Å². The fraction of sp³-hybridized carbons (Fsp3) is 0.286. The van der Waals surface area contributed by atoms with Crippen molar-refractivity contribution in [2.45, 2.75) is 25.4 Å². The van der Waals surface area contributed by atoms with Crippen LogP contribution in [-0.4, -0.2) is 32.4 Å². The van der Waals surface area contributed by atoms with Crippen LogP contribution in [0.4, 0.5) is 8.78 Å². The fourth-order valence-corrected chi connectivity index (χ4v) is 3.93. The van der Waals surface area contributed by atoms with E-state index in [0.29, 0.717) is 18.7 Å². The van der Waals surface area contributed by atoms with Crippen LogP contribution in [0.1, 0.15) is 24.4 Å². The van der Waals surface area contributed by atoms with E-state index in [1.807, 2.05) is 35.9 Å². The van der Waals surface area contributed by atoms with Crippen LogP contribution in [0.15, 0.2) is 41.5 Å². The Kier molecular flexibility index (Phi) is 3.99. The largest absolute Gasteiger partial charge is 0.316 e. The molecule has 2 N–H and O–H groups in total. The van der Waals surface area contributed by atoms with Gasteiger partial charge in [0.2, 0.25) is 0 Å². The van der Waals surface area contributed by atoms with E-state index in [2.05, 4.69) is 20.3 Å². The lowest BCUT2D eigenvalue weighted by molar-refractivity contribution is 0.104. The molecule has 4 aromatic rings. The number of fused-ring (bicyclic) bond motifs is 2. The van der Waals surface area contributed by atoms with Crippen molar-refractivity contribution in [3.8, 4) is 11.1 Å². The second-order valence-corrected chi connectivity index (χ2v) is 7.55. The van der Waals surface area contributed by atoms with Crippen molar-refractivity contribution in [1.29, 1.82) is 0 Å². The first-order valence-electron chi connectivity index (χ1n) is 9.52. The van der Waals surface area contributed by atoms with Crippen LogP contribution in [0.3, 0.4) is 0 Å². The van der Waals surface area contributed by atoms with E-state index in [1.54, 1.807) is 6.07 Å². The van der Waals surface area contributed by atoms with Gasteiger partial charge in [0.1, 0.15) is 22.8 Å². The van der Waals surface area contributed by atoms with E-state index in [4.69, 9.17) is 0 Å². The van der Waals surface area contributed by atoms with Crippen LogP contribution in [0.5, 0.6) is 0 Å². The number of hydrogen-bond acceptors (Lipinski definition) is 4. The molecule has 0 atom stereocenters. The van der Waals surface area contributed by atoms with Gasteiger partial charge in [-0.15, -0.1) is 0 Å². The van der Waals surface area contributed by atoms with E-state index in [1.165, 1.54) is 6.07 Å². The summed E-state index contributed by atoms with van der Waals surface area (Å²) in [6.07, 6.45) is 4.07. The number of aromatic nitrogens is 4. The fourth-order valence-electron chi connectivity index (χ4n) is 3.93. The lowest BCUT2D eigenvalue weighted by Crippen LogP contribution is -2.39. The summed E-state index contributed by atoms with van der Waals surface area (Å²) in [7, 11) is 0. The standard InChI is InChI=1S/C21H19F2N5O/c1-12-10-28-11-13(2-3-17(28)25-12)14-8-15-18(16(22)9-14)26-20(27-19(15)29)21(23)4-6-24-7-5-21/h2-3,8-11,24H,4-7H2,1H3,(H,26,27,29). The predicted molar refractivity (Wildman–Crippen MR) is 106 cm³/mol. The van der Waals surface area contributed by atoms with E-state index in [0.717, 1.165) is 16.9 Å². The number of nitrogens with one attached hydrogen (secondary N) is 2. The first-order chi connectivity index (χ1) is 13.9. The van der Waals surface area contributed by atoms with Gasteiger partial charge >= 0.3 is 0 Å². The van der Waals surface area contributed by atoms with Gasteiger partial charge in [-0.2, -0.15) is 0 Å². The van der Waals surface area contributed by atoms with Crippen molar-refractivity contribution >= 4 is 16.6 Å². The Morgan fingerprint density at radius 2 is 1.90 bits per heavy atom. The Morgan fingerprint density at radius 3 is 2.69 bits per heavy atom.